The van der Waals surface area contributed by atoms with Gasteiger partial charge >= 0.3 is 5.97 Å². The fourth-order valence-electron chi connectivity index (χ4n) is 2.19. The van der Waals surface area contributed by atoms with Gasteiger partial charge in [-0.25, -0.2) is 4.79 Å². The summed E-state index contributed by atoms with van der Waals surface area (Å²) < 4.78 is 0. The van der Waals surface area contributed by atoms with E-state index in [1.807, 2.05) is 6.92 Å². The zero-order chi connectivity index (χ0) is 13.4. The Morgan fingerprint density at radius 2 is 2.17 bits per heavy atom. The van der Waals surface area contributed by atoms with E-state index >= 15 is 0 Å². The fourth-order valence-corrected chi connectivity index (χ4v) is 2.19. The minimum absolute atomic E-state index is 0.166. The Balaban J connectivity index is 2.45. The Labute approximate surface area is 108 Å². The number of carbonyl (C=O) groups excluding carboxylic acids is 1. The van der Waals surface area contributed by atoms with E-state index in [4.69, 9.17) is 5.11 Å². The van der Waals surface area contributed by atoms with Gasteiger partial charge in [-0.15, -0.1) is 0 Å². The van der Waals surface area contributed by atoms with E-state index in [0.717, 1.165) is 45.1 Å². The summed E-state index contributed by atoms with van der Waals surface area (Å²) in [6, 6.07) is -0.974. The van der Waals surface area contributed by atoms with Gasteiger partial charge in [-0.1, -0.05) is 32.6 Å². The van der Waals surface area contributed by atoms with Crippen LogP contribution < -0.4 is 10.6 Å². The third kappa shape index (κ3) is 5.04. The second kappa shape index (κ2) is 8.08. The molecule has 0 spiro atoms. The van der Waals surface area contributed by atoms with Crippen LogP contribution >= 0.6 is 0 Å². The summed E-state index contributed by atoms with van der Waals surface area (Å²) in [7, 11) is 0. The molecule has 0 bridgehead atoms. The summed E-state index contributed by atoms with van der Waals surface area (Å²) in [6.07, 6.45) is 6.29. The van der Waals surface area contributed by atoms with Crippen molar-refractivity contribution >= 4 is 11.9 Å². The highest BCUT2D eigenvalue weighted by Crippen LogP contribution is 2.09. The molecule has 0 saturated carbocycles. The molecule has 2 atom stereocenters. The summed E-state index contributed by atoms with van der Waals surface area (Å²) in [5, 5.41) is 14.9. The molecule has 5 nitrogen and oxygen atoms in total. The highest BCUT2D eigenvalue weighted by molar-refractivity contribution is 5.86. The van der Waals surface area contributed by atoms with E-state index in [1.165, 1.54) is 0 Å². The zero-order valence-electron chi connectivity index (χ0n) is 11.1. The molecular formula is C13H24N2O3. The van der Waals surface area contributed by atoms with E-state index < -0.39 is 12.0 Å². The van der Waals surface area contributed by atoms with Gasteiger partial charge in [0, 0.05) is 0 Å². The summed E-state index contributed by atoms with van der Waals surface area (Å²) in [6.45, 7) is 2.85. The SMILES string of the molecule is CCCCC(NC(=O)C1CCCCCN1)C(=O)O. The van der Waals surface area contributed by atoms with Crippen LogP contribution in [0.25, 0.3) is 0 Å². The minimum Gasteiger partial charge on any atom is -0.480 e. The van der Waals surface area contributed by atoms with Crippen LogP contribution in [-0.2, 0) is 9.59 Å². The first-order valence-corrected chi connectivity index (χ1v) is 6.91. The number of carboxylic acid groups (broad SMARTS) is 1. The second-order valence-electron chi connectivity index (χ2n) is 4.90. The molecule has 1 rings (SSSR count). The third-order valence-electron chi connectivity index (χ3n) is 3.34. The zero-order valence-corrected chi connectivity index (χ0v) is 11.1. The number of nitrogens with one attached hydrogen (secondary N) is 2. The van der Waals surface area contributed by atoms with Crippen molar-refractivity contribution in [1.29, 1.82) is 0 Å². The number of rotatable bonds is 6. The molecule has 0 radical (unpaired) electrons. The minimum atomic E-state index is -0.939. The molecule has 18 heavy (non-hydrogen) atoms. The standard InChI is InChI=1S/C13H24N2O3/c1-2-3-7-11(13(17)18)15-12(16)10-8-5-4-6-9-14-10/h10-11,14H,2-9H2,1H3,(H,15,16)(H,17,18). The normalized spacial score (nSPS) is 21.9. The van der Waals surface area contributed by atoms with Crippen molar-refractivity contribution in [2.75, 3.05) is 6.54 Å². The number of carbonyl (C=O) groups is 2. The van der Waals surface area contributed by atoms with E-state index in [9.17, 15) is 9.59 Å². The summed E-state index contributed by atoms with van der Waals surface area (Å²) in [5.74, 6) is -1.11. The molecule has 0 aromatic rings. The second-order valence-corrected chi connectivity index (χ2v) is 4.90. The van der Waals surface area contributed by atoms with Gasteiger partial charge in [0.05, 0.1) is 6.04 Å². The first-order valence-electron chi connectivity index (χ1n) is 6.91. The molecule has 1 fully saturated rings. The maximum Gasteiger partial charge on any atom is 0.326 e. The summed E-state index contributed by atoms with van der Waals surface area (Å²) in [4.78, 5) is 23.0. The van der Waals surface area contributed by atoms with Crippen LogP contribution in [0.15, 0.2) is 0 Å². The molecule has 1 amide bonds. The molecule has 5 heteroatoms. The van der Waals surface area contributed by atoms with Crippen molar-refractivity contribution in [3.8, 4) is 0 Å². The van der Waals surface area contributed by atoms with Crippen LogP contribution in [0.5, 0.6) is 0 Å². The fraction of sp³-hybridized carbons (Fsp3) is 0.846. The first kappa shape index (κ1) is 15.0. The number of amides is 1. The lowest BCUT2D eigenvalue weighted by molar-refractivity contribution is -0.142. The summed E-state index contributed by atoms with van der Waals surface area (Å²) in [5.41, 5.74) is 0. The van der Waals surface area contributed by atoms with Crippen LogP contribution in [0.4, 0.5) is 0 Å². The van der Waals surface area contributed by atoms with E-state index in [2.05, 4.69) is 10.6 Å². The van der Waals surface area contributed by atoms with Crippen LogP contribution in [0, 0.1) is 0 Å². The van der Waals surface area contributed by atoms with Crippen molar-refractivity contribution in [3.05, 3.63) is 0 Å². The topological polar surface area (TPSA) is 78.4 Å². The third-order valence-corrected chi connectivity index (χ3v) is 3.34. The Hall–Kier alpha value is -1.10. The van der Waals surface area contributed by atoms with Crippen molar-refractivity contribution in [2.24, 2.45) is 0 Å². The van der Waals surface area contributed by atoms with Gasteiger partial charge in [0.2, 0.25) is 5.91 Å². The molecule has 1 heterocycles. The molecule has 1 saturated heterocycles. The van der Waals surface area contributed by atoms with E-state index in [1.54, 1.807) is 0 Å². The quantitative estimate of drug-likeness (QED) is 0.669. The monoisotopic (exact) mass is 256 g/mol. The first-order chi connectivity index (χ1) is 8.65. The highest BCUT2D eigenvalue weighted by atomic mass is 16.4. The lowest BCUT2D eigenvalue weighted by Crippen LogP contribution is -2.49. The lowest BCUT2D eigenvalue weighted by Gasteiger charge is -2.19. The molecular weight excluding hydrogens is 232 g/mol. The molecule has 3 N–H and O–H groups in total. The molecule has 0 aliphatic carbocycles. The Morgan fingerprint density at radius 3 is 2.83 bits per heavy atom. The maximum atomic E-state index is 12.0. The van der Waals surface area contributed by atoms with E-state index in [0.29, 0.717) is 6.42 Å². The average molecular weight is 256 g/mol. The molecule has 1 aliphatic heterocycles. The lowest BCUT2D eigenvalue weighted by atomic mass is 10.1. The van der Waals surface area contributed by atoms with Crippen molar-refractivity contribution in [2.45, 2.75) is 64.0 Å². The molecule has 0 aromatic carbocycles. The van der Waals surface area contributed by atoms with Gasteiger partial charge < -0.3 is 15.7 Å². The Morgan fingerprint density at radius 1 is 1.39 bits per heavy atom. The van der Waals surface area contributed by atoms with Gasteiger partial charge in [0.15, 0.2) is 0 Å². The van der Waals surface area contributed by atoms with Gasteiger partial charge in [-0.2, -0.15) is 0 Å². The smallest absolute Gasteiger partial charge is 0.326 e. The number of unbranched alkanes of at least 4 members (excludes halogenated alkanes) is 1. The molecule has 0 aromatic heterocycles. The largest absolute Gasteiger partial charge is 0.480 e. The Kier molecular flexibility index (Phi) is 6.72. The molecule has 104 valence electrons. The van der Waals surface area contributed by atoms with Crippen molar-refractivity contribution in [1.82, 2.24) is 10.6 Å². The van der Waals surface area contributed by atoms with Gasteiger partial charge in [-0.05, 0) is 25.8 Å². The predicted molar refractivity (Wildman–Crippen MR) is 69.4 cm³/mol. The average Bonchev–Trinajstić information content (AvgIpc) is 2.62. The van der Waals surface area contributed by atoms with Gasteiger partial charge in [0.25, 0.3) is 0 Å². The number of aliphatic carboxylic acids is 1. The molecule has 1 aliphatic rings. The Bertz CT molecular complexity index is 273. The van der Waals surface area contributed by atoms with Crippen LogP contribution in [0.1, 0.15) is 51.9 Å². The summed E-state index contributed by atoms with van der Waals surface area (Å²) >= 11 is 0. The van der Waals surface area contributed by atoms with Gasteiger partial charge in [-0.3, -0.25) is 4.79 Å². The highest BCUT2D eigenvalue weighted by Gasteiger charge is 2.25. The number of carboxylic acids is 1. The molecule has 2 unspecified atom stereocenters. The van der Waals surface area contributed by atoms with Crippen LogP contribution in [-0.4, -0.2) is 35.6 Å². The van der Waals surface area contributed by atoms with E-state index in [-0.39, 0.29) is 11.9 Å². The van der Waals surface area contributed by atoms with Gasteiger partial charge in [0.1, 0.15) is 6.04 Å². The number of hydrogen-bond acceptors (Lipinski definition) is 3. The van der Waals surface area contributed by atoms with Crippen LogP contribution in [0.2, 0.25) is 0 Å². The predicted octanol–water partition coefficient (Wildman–Crippen LogP) is 1.28. The van der Waals surface area contributed by atoms with Crippen molar-refractivity contribution < 1.29 is 14.7 Å². The van der Waals surface area contributed by atoms with Crippen LogP contribution in [0.3, 0.4) is 0 Å². The number of hydrogen-bond donors (Lipinski definition) is 3. The van der Waals surface area contributed by atoms with Crippen molar-refractivity contribution in [3.63, 3.8) is 0 Å². The maximum absolute atomic E-state index is 12.0.